The van der Waals surface area contributed by atoms with E-state index in [1.807, 2.05) is 16.9 Å². The van der Waals surface area contributed by atoms with Gasteiger partial charge in [0.1, 0.15) is 11.6 Å². The molecule has 0 bridgehead atoms. The standard InChI is InChI=1S/C15H18FN3O2/c1-10-7-19-14(15(21)17(10)2)13(20)9-18(19)8-11-3-5-12(16)6-4-11/h3-6,10,20H,7-9H2,1-2H3. The summed E-state index contributed by atoms with van der Waals surface area (Å²) in [5.41, 5.74) is 1.29. The van der Waals surface area contributed by atoms with E-state index in [9.17, 15) is 14.3 Å². The van der Waals surface area contributed by atoms with Gasteiger partial charge in [-0.3, -0.25) is 9.80 Å². The van der Waals surface area contributed by atoms with Gasteiger partial charge in [0.05, 0.1) is 13.1 Å². The summed E-state index contributed by atoms with van der Waals surface area (Å²) < 4.78 is 13.0. The molecule has 6 heteroatoms. The number of fused-ring (bicyclic) bond motifs is 1. The van der Waals surface area contributed by atoms with Gasteiger partial charge in [0, 0.05) is 19.6 Å². The van der Waals surface area contributed by atoms with Crippen LogP contribution in [0.25, 0.3) is 0 Å². The average Bonchev–Trinajstić information content (AvgIpc) is 2.75. The number of carbonyl (C=O) groups is 1. The second-order valence-corrected chi connectivity index (χ2v) is 5.59. The summed E-state index contributed by atoms with van der Waals surface area (Å²) in [6.45, 7) is 3.44. The number of benzene rings is 1. The molecule has 2 heterocycles. The van der Waals surface area contributed by atoms with Crippen molar-refractivity contribution >= 4 is 5.91 Å². The average molecular weight is 291 g/mol. The zero-order valence-electron chi connectivity index (χ0n) is 12.1. The Morgan fingerprint density at radius 1 is 1.33 bits per heavy atom. The molecule has 3 rings (SSSR count). The van der Waals surface area contributed by atoms with Gasteiger partial charge in [-0.25, -0.2) is 9.40 Å². The van der Waals surface area contributed by atoms with Crippen molar-refractivity contribution in [2.75, 3.05) is 20.1 Å². The van der Waals surface area contributed by atoms with Gasteiger partial charge in [0.15, 0.2) is 5.70 Å². The lowest BCUT2D eigenvalue weighted by Gasteiger charge is -2.41. The second kappa shape index (κ2) is 5.04. The molecule has 0 saturated carbocycles. The minimum Gasteiger partial charge on any atom is -0.508 e. The first-order valence-corrected chi connectivity index (χ1v) is 6.93. The van der Waals surface area contributed by atoms with Crippen LogP contribution in [0, 0.1) is 5.82 Å². The normalized spacial score (nSPS) is 23.0. The van der Waals surface area contributed by atoms with E-state index in [4.69, 9.17) is 0 Å². The third kappa shape index (κ3) is 2.35. The van der Waals surface area contributed by atoms with E-state index in [0.29, 0.717) is 25.3 Å². The third-order valence-electron chi connectivity index (χ3n) is 4.10. The fraction of sp³-hybridized carbons (Fsp3) is 0.400. The molecule has 2 aliphatic rings. The Hall–Kier alpha value is -2.08. The predicted molar refractivity (Wildman–Crippen MR) is 75.4 cm³/mol. The van der Waals surface area contributed by atoms with Crippen LogP contribution in [-0.4, -0.2) is 52.1 Å². The molecule has 0 aliphatic carbocycles. The maximum absolute atomic E-state index is 13.0. The number of piperazine rings is 1. The van der Waals surface area contributed by atoms with Gasteiger partial charge >= 0.3 is 0 Å². The first kappa shape index (κ1) is 13.9. The second-order valence-electron chi connectivity index (χ2n) is 5.59. The van der Waals surface area contributed by atoms with Crippen molar-refractivity contribution in [1.29, 1.82) is 0 Å². The monoisotopic (exact) mass is 291 g/mol. The molecule has 1 amide bonds. The number of aliphatic hydroxyl groups is 1. The summed E-state index contributed by atoms with van der Waals surface area (Å²) in [6.07, 6.45) is 0. The fourth-order valence-corrected chi connectivity index (χ4v) is 2.75. The number of hydrogen-bond acceptors (Lipinski definition) is 4. The van der Waals surface area contributed by atoms with Crippen LogP contribution >= 0.6 is 0 Å². The summed E-state index contributed by atoms with van der Waals surface area (Å²) >= 11 is 0. The topological polar surface area (TPSA) is 47.0 Å². The highest BCUT2D eigenvalue weighted by Gasteiger charge is 2.41. The number of rotatable bonds is 2. The lowest BCUT2D eigenvalue weighted by molar-refractivity contribution is -0.138. The SMILES string of the molecule is CC1CN2C(=C(O)CN2Cc2ccc(F)cc2)C(=O)N1C. The van der Waals surface area contributed by atoms with E-state index in [1.54, 1.807) is 24.1 Å². The van der Waals surface area contributed by atoms with E-state index >= 15 is 0 Å². The lowest BCUT2D eigenvalue weighted by Crippen LogP contribution is -2.54. The van der Waals surface area contributed by atoms with Crippen LogP contribution in [0.1, 0.15) is 12.5 Å². The van der Waals surface area contributed by atoms with Crippen LogP contribution in [0.4, 0.5) is 4.39 Å². The Morgan fingerprint density at radius 2 is 2.00 bits per heavy atom. The molecule has 1 N–H and O–H groups in total. The quantitative estimate of drug-likeness (QED) is 0.897. The van der Waals surface area contributed by atoms with Crippen molar-refractivity contribution in [2.24, 2.45) is 0 Å². The summed E-state index contributed by atoms with van der Waals surface area (Å²) in [5, 5.41) is 13.8. The van der Waals surface area contributed by atoms with Gasteiger partial charge in [-0.1, -0.05) is 12.1 Å². The molecule has 1 unspecified atom stereocenters. The van der Waals surface area contributed by atoms with Crippen molar-refractivity contribution in [2.45, 2.75) is 19.5 Å². The van der Waals surface area contributed by atoms with Crippen LogP contribution in [0.3, 0.4) is 0 Å². The molecule has 21 heavy (non-hydrogen) atoms. The van der Waals surface area contributed by atoms with Crippen LogP contribution in [0.5, 0.6) is 0 Å². The molecule has 1 aromatic rings. The summed E-state index contributed by atoms with van der Waals surface area (Å²) in [5.74, 6) is -0.334. The number of carbonyl (C=O) groups excluding carboxylic acids is 1. The zero-order valence-corrected chi connectivity index (χ0v) is 12.1. The maximum atomic E-state index is 13.0. The van der Waals surface area contributed by atoms with Crippen LogP contribution in [0.2, 0.25) is 0 Å². The van der Waals surface area contributed by atoms with Crippen molar-refractivity contribution in [3.8, 4) is 0 Å². The Bertz CT molecular complexity index is 599. The summed E-state index contributed by atoms with van der Waals surface area (Å²) in [7, 11) is 1.74. The highest BCUT2D eigenvalue weighted by molar-refractivity contribution is 5.94. The molecule has 1 fully saturated rings. The smallest absolute Gasteiger partial charge is 0.275 e. The molecule has 2 aliphatic heterocycles. The van der Waals surface area contributed by atoms with E-state index in [-0.39, 0.29) is 23.5 Å². The highest BCUT2D eigenvalue weighted by Crippen LogP contribution is 2.29. The number of hydrogen-bond donors (Lipinski definition) is 1. The first-order chi connectivity index (χ1) is 9.97. The minimum atomic E-state index is -0.273. The Morgan fingerprint density at radius 3 is 2.67 bits per heavy atom. The van der Waals surface area contributed by atoms with Crippen molar-refractivity contribution in [3.63, 3.8) is 0 Å². The zero-order chi connectivity index (χ0) is 15.1. The molecule has 1 atom stereocenters. The Labute approximate surface area is 122 Å². The van der Waals surface area contributed by atoms with Gasteiger partial charge in [0.25, 0.3) is 5.91 Å². The number of amides is 1. The van der Waals surface area contributed by atoms with Crippen LogP contribution in [0.15, 0.2) is 35.7 Å². The lowest BCUT2D eigenvalue weighted by atomic mass is 10.2. The maximum Gasteiger partial charge on any atom is 0.275 e. The minimum absolute atomic E-state index is 0.0721. The van der Waals surface area contributed by atoms with Crippen molar-refractivity contribution < 1.29 is 14.3 Å². The predicted octanol–water partition coefficient (Wildman–Crippen LogP) is 1.49. The molecule has 0 aromatic heterocycles. The number of hydrazine groups is 1. The van der Waals surface area contributed by atoms with Crippen LogP contribution < -0.4 is 0 Å². The van der Waals surface area contributed by atoms with Gasteiger partial charge in [-0.05, 0) is 24.6 Å². The van der Waals surface area contributed by atoms with E-state index in [1.165, 1.54) is 12.1 Å². The van der Waals surface area contributed by atoms with E-state index in [0.717, 1.165) is 5.56 Å². The Kier molecular flexibility index (Phi) is 3.33. The molecular formula is C15H18FN3O2. The van der Waals surface area contributed by atoms with Gasteiger partial charge < -0.3 is 10.0 Å². The molecule has 5 nitrogen and oxygen atoms in total. The van der Waals surface area contributed by atoms with Crippen molar-refractivity contribution in [3.05, 3.63) is 47.1 Å². The molecular weight excluding hydrogens is 273 g/mol. The van der Waals surface area contributed by atoms with E-state index < -0.39 is 0 Å². The number of halogens is 1. The van der Waals surface area contributed by atoms with E-state index in [2.05, 4.69) is 0 Å². The molecule has 112 valence electrons. The van der Waals surface area contributed by atoms with Gasteiger partial charge in [-0.15, -0.1) is 0 Å². The van der Waals surface area contributed by atoms with Crippen LogP contribution in [-0.2, 0) is 11.3 Å². The summed E-state index contributed by atoms with van der Waals surface area (Å²) in [6, 6.07) is 6.33. The molecule has 1 saturated heterocycles. The largest absolute Gasteiger partial charge is 0.508 e. The highest BCUT2D eigenvalue weighted by atomic mass is 19.1. The third-order valence-corrected chi connectivity index (χ3v) is 4.10. The number of aliphatic hydroxyl groups excluding tert-OH is 1. The van der Waals surface area contributed by atoms with Crippen molar-refractivity contribution in [1.82, 2.24) is 14.9 Å². The first-order valence-electron chi connectivity index (χ1n) is 6.93. The number of likely N-dealkylation sites (N-methyl/N-ethyl adjacent to an activating group) is 1. The molecule has 0 spiro atoms. The molecule has 0 radical (unpaired) electrons. The number of nitrogens with zero attached hydrogens (tertiary/aromatic N) is 3. The molecule has 1 aromatic carbocycles. The Balaban J connectivity index is 1.81. The van der Waals surface area contributed by atoms with Gasteiger partial charge in [-0.2, -0.15) is 0 Å². The van der Waals surface area contributed by atoms with Gasteiger partial charge in [0.2, 0.25) is 0 Å². The fourth-order valence-electron chi connectivity index (χ4n) is 2.75. The summed E-state index contributed by atoms with van der Waals surface area (Å²) in [4.78, 5) is 13.9.